The van der Waals surface area contributed by atoms with Crippen LogP contribution in [-0.2, 0) is 16.1 Å². The summed E-state index contributed by atoms with van der Waals surface area (Å²) in [5, 5.41) is 3.84. The van der Waals surface area contributed by atoms with E-state index in [1.165, 1.54) is 11.8 Å². The van der Waals surface area contributed by atoms with Crippen LogP contribution in [0.15, 0.2) is 29.4 Å². The number of fused-ring (bicyclic) bond motifs is 1. The molecule has 1 aliphatic heterocycles. The molecule has 1 aromatic heterocycles. The molecule has 1 saturated heterocycles. The van der Waals surface area contributed by atoms with E-state index < -0.39 is 0 Å². The summed E-state index contributed by atoms with van der Waals surface area (Å²) in [6, 6.07) is 8.06. The first kappa shape index (κ1) is 15.4. The van der Waals surface area contributed by atoms with Crippen LogP contribution in [0.4, 0.5) is 0 Å². The van der Waals surface area contributed by atoms with E-state index in [9.17, 15) is 4.79 Å². The molecule has 1 aliphatic rings. The molecule has 0 spiro atoms. The zero-order valence-corrected chi connectivity index (χ0v) is 13.6. The third-order valence-electron chi connectivity index (χ3n) is 3.82. The molecule has 0 saturated carbocycles. The Bertz CT molecular complexity index is 650. The first-order chi connectivity index (χ1) is 10.8. The van der Waals surface area contributed by atoms with Crippen molar-refractivity contribution in [2.24, 2.45) is 0 Å². The van der Waals surface area contributed by atoms with E-state index in [0.717, 1.165) is 42.2 Å². The number of aromatic nitrogens is 2. The molecule has 1 aromatic carbocycles. The Kier molecular flexibility index (Phi) is 5.00. The van der Waals surface area contributed by atoms with E-state index in [1.807, 2.05) is 18.2 Å². The SMILES string of the molecule is CCn1c(SCC(=O)NCC2CCCO2)nc2ccccc21. The molecule has 5 nitrogen and oxygen atoms in total. The molecule has 1 atom stereocenters. The third-order valence-corrected chi connectivity index (χ3v) is 4.80. The summed E-state index contributed by atoms with van der Waals surface area (Å²) < 4.78 is 7.65. The maximum absolute atomic E-state index is 12.0. The second-order valence-corrected chi connectivity index (χ2v) is 6.30. The minimum atomic E-state index is 0.0372. The minimum absolute atomic E-state index is 0.0372. The second-order valence-electron chi connectivity index (χ2n) is 5.36. The fourth-order valence-electron chi connectivity index (χ4n) is 2.68. The highest BCUT2D eigenvalue weighted by molar-refractivity contribution is 7.99. The zero-order valence-electron chi connectivity index (χ0n) is 12.7. The Morgan fingerprint density at radius 3 is 3.14 bits per heavy atom. The van der Waals surface area contributed by atoms with E-state index in [0.29, 0.717) is 12.3 Å². The quantitative estimate of drug-likeness (QED) is 0.831. The van der Waals surface area contributed by atoms with Crippen molar-refractivity contribution < 1.29 is 9.53 Å². The van der Waals surface area contributed by atoms with Gasteiger partial charge in [-0.15, -0.1) is 0 Å². The molecule has 2 heterocycles. The van der Waals surface area contributed by atoms with Crippen LogP contribution in [0.25, 0.3) is 11.0 Å². The number of nitrogens with zero attached hydrogens (tertiary/aromatic N) is 2. The number of amides is 1. The van der Waals surface area contributed by atoms with Gasteiger partial charge in [0.15, 0.2) is 5.16 Å². The van der Waals surface area contributed by atoms with Crippen molar-refractivity contribution in [3.8, 4) is 0 Å². The standard InChI is InChI=1S/C16H21N3O2S/c1-2-19-14-8-4-3-7-13(14)18-16(19)22-11-15(20)17-10-12-6-5-9-21-12/h3-4,7-8,12H,2,5-6,9-11H2,1H3,(H,17,20). The van der Waals surface area contributed by atoms with Gasteiger partial charge in [-0.1, -0.05) is 23.9 Å². The van der Waals surface area contributed by atoms with E-state index in [2.05, 4.69) is 27.9 Å². The topological polar surface area (TPSA) is 56.2 Å². The fourth-order valence-corrected chi connectivity index (χ4v) is 3.59. The number of imidazole rings is 1. The van der Waals surface area contributed by atoms with Crippen LogP contribution in [0, 0.1) is 0 Å². The molecule has 6 heteroatoms. The van der Waals surface area contributed by atoms with Gasteiger partial charge in [-0.25, -0.2) is 4.98 Å². The molecule has 118 valence electrons. The predicted molar refractivity (Wildman–Crippen MR) is 88.1 cm³/mol. The van der Waals surface area contributed by atoms with Crippen LogP contribution in [0.1, 0.15) is 19.8 Å². The molecule has 22 heavy (non-hydrogen) atoms. The normalized spacial score (nSPS) is 18.0. The second kappa shape index (κ2) is 7.15. The van der Waals surface area contributed by atoms with Gasteiger partial charge in [0.2, 0.25) is 5.91 Å². The molecule has 1 amide bonds. The van der Waals surface area contributed by atoms with Crippen molar-refractivity contribution in [1.29, 1.82) is 0 Å². The molecule has 1 unspecified atom stereocenters. The average Bonchev–Trinajstić information content (AvgIpc) is 3.17. The van der Waals surface area contributed by atoms with Gasteiger partial charge in [0.05, 0.1) is 22.9 Å². The van der Waals surface area contributed by atoms with Crippen molar-refractivity contribution in [2.75, 3.05) is 18.9 Å². The molecule has 0 bridgehead atoms. The predicted octanol–water partition coefficient (Wildman–Crippen LogP) is 2.44. The van der Waals surface area contributed by atoms with Gasteiger partial charge >= 0.3 is 0 Å². The maximum atomic E-state index is 12.0. The number of ether oxygens (including phenoxy) is 1. The lowest BCUT2D eigenvalue weighted by molar-refractivity contribution is -0.119. The Balaban J connectivity index is 1.57. The number of rotatable bonds is 6. The fraction of sp³-hybridized carbons (Fsp3) is 0.500. The number of carbonyl (C=O) groups excluding carboxylic acids is 1. The van der Waals surface area contributed by atoms with Gasteiger partial charge in [0, 0.05) is 19.7 Å². The summed E-state index contributed by atoms with van der Waals surface area (Å²) in [6.07, 6.45) is 2.32. The van der Waals surface area contributed by atoms with Gasteiger partial charge in [0.1, 0.15) is 0 Å². The Morgan fingerprint density at radius 2 is 2.36 bits per heavy atom. The summed E-state index contributed by atoms with van der Waals surface area (Å²) in [5.41, 5.74) is 2.10. The molecule has 1 fully saturated rings. The molecule has 1 N–H and O–H groups in total. The maximum Gasteiger partial charge on any atom is 0.230 e. The van der Waals surface area contributed by atoms with Crippen molar-refractivity contribution >= 4 is 28.7 Å². The molecule has 3 rings (SSSR count). The summed E-state index contributed by atoms with van der Waals surface area (Å²) in [7, 11) is 0. The third kappa shape index (κ3) is 3.44. The van der Waals surface area contributed by atoms with E-state index in [-0.39, 0.29) is 12.0 Å². The van der Waals surface area contributed by atoms with Gasteiger partial charge in [-0.2, -0.15) is 0 Å². The van der Waals surface area contributed by atoms with Crippen molar-refractivity contribution in [1.82, 2.24) is 14.9 Å². The Hall–Kier alpha value is -1.53. The number of para-hydroxylation sites is 2. The number of thioether (sulfide) groups is 1. The smallest absolute Gasteiger partial charge is 0.230 e. The van der Waals surface area contributed by atoms with Crippen LogP contribution < -0.4 is 5.32 Å². The summed E-state index contributed by atoms with van der Waals surface area (Å²) in [6.45, 7) is 4.37. The minimum Gasteiger partial charge on any atom is -0.376 e. The van der Waals surface area contributed by atoms with Crippen LogP contribution >= 0.6 is 11.8 Å². The lowest BCUT2D eigenvalue weighted by Crippen LogP contribution is -2.32. The lowest BCUT2D eigenvalue weighted by Gasteiger charge is -2.10. The Morgan fingerprint density at radius 1 is 1.50 bits per heavy atom. The summed E-state index contributed by atoms with van der Waals surface area (Å²) >= 11 is 1.49. The van der Waals surface area contributed by atoms with Gasteiger partial charge in [0.25, 0.3) is 0 Å². The van der Waals surface area contributed by atoms with E-state index in [4.69, 9.17) is 4.74 Å². The number of carbonyl (C=O) groups is 1. The zero-order chi connectivity index (χ0) is 15.4. The highest BCUT2D eigenvalue weighted by atomic mass is 32.2. The highest BCUT2D eigenvalue weighted by Gasteiger charge is 2.17. The first-order valence-corrected chi connectivity index (χ1v) is 8.73. The first-order valence-electron chi connectivity index (χ1n) is 7.74. The Labute approximate surface area is 134 Å². The molecular weight excluding hydrogens is 298 g/mol. The van der Waals surface area contributed by atoms with Crippen LogP contribution in [0.3, 0.4) is 0 Å². The largest absolute Gasteiger partial charge is 0.376 e. The number of nitrogens with one attached hydrogen (secondary N) is 1. The van der Waals surface area contributed by atoms with Crippen LogP contribution in [0.5, 0.6) is 0 Å². The van der Waals surface area contributed by atoms with Crippen molar-refractivity contribution in [2.45, 2.75) is 37.6 Å². The van der Waals surface area contributed by atoms with Gasteiger partial charge < -0.3 is 14.6 Å². The summed E-state index contributed by atoms with van der Waals surface area (Å²) in [5.74, 6) is 0.422. The number of hydrogen-bond acceptors (Lipinski definition) is 4. The van der Waals surface area contributed by atoms with E-state index >= 15 is 0 Å². The van der Waals surface area contributed by atoms with Gasteiger partial charge in [-0.05, 0) is 31.9 Å². The van der Waals surface area contributed by atoms with Crippen molar-refractivity contribution in [3.63, 3.8) is 0 Å². The number of benzene rings is 1. The van der Waals surface area contributed by atoms with Crippen LogP contribution in [-0.4, -0.2) is 40.5 Å². The van der Waals surface area contributed by atoms with E-state index in [1.54, 1.807) is 0 Å². The van der Waals surface area contributed by atoms with Crippen molar-refractivity contribution in [3.05, 3.63) is 24.3 Å². The van der Waals surface area contributed by atoms with Gasteiger partial charge in [-0.3, -0.25) is 4.79 Å². The average molecular weight is 319 g/mol. The monoisotopic (exact) mass is 319 g/mol. The highest BCUT2D eigenvalue weighted by Crippen LogP contribution is 2.23. The van der Waals surface area contributed by atoms with Crippen LogP contribution in [0.2, 0.25) is 0 Å². The summed E-state index contributed by atoms with van der Waals surface area (Å²) in [4.78, 5) is 16.6. The molecule has 2 aromatic rings. The lowest BCUT2D eigenvalue weighted by atomic mass is 10.2. The molecular formula is C16H21N3O2S. The molecule has 0 aliphatic carbocycles. The number of aryl methyl sites for hydroxylation is 1. The number of hydrogen-bond donors (Lipinski definition) is 1. The molecule has 0 radical (unpaired) electrons.